The van der Waals surface area contributed by atoms with Gasteiger partial charge in [0.05, 0.1) is 32.4 Å². The van der Waals surface area contributed by atoms with Crippen LogP contribution in [-0.4, -0.2) is 56.7 Å². The van der Waals surface area contributed by atoms with Crippen LogP contribution in [-0.2, 0) is 24.9 Å². The molecule has 4 rings (SSSR count). The monoisotopic (exact) mass is 407 g/mol. The number of aryl methyl sites for hydroxylation is 1. The number of nitrogens with zero attached hydrogens (tertiary/aromatic N) is 6. The molecule has 158 valence electrons. The maximum absolute atomic E-state index is 5.98. The molecule has 0 amide bonds. The van der Waals surface area contributed by atoms with Crippen LogP contribution in [0, 0.1) is 0 Å². The number of aliphatic imine (C=N–C) groups is 1. The smallest absolute Gasteiger partial charge is 0.194 e. The fourth-order valence-corrected chi connectivity index (χ4v) is 3.65. The predicted octanol–water partition coefficient (Wildman–Crippen LogP) is 2.20. The lowest BCUT2D eigenvalue weighted by atomic mass is 10.1. The van der Waals surface area contributed by atoms with Gasteiger partial charge in [0.2, 0.25) is 0 Å². The van der Waals surface area contributed by atoms with Crippen LogP contribution in [0.3, 0.4) is 0 Å². The van der Waals surface area contributed by atoms with Gasteiger partial charge in [-0.25, -0.2) is 4.99 Å². The van der Waals surface area contributed by atoms with Gasteiger partial charge in [-0.3, -0.25) is 9.36 Å². The highest BCUT2D eigenvalue weighted by Gasteiger charge is 2.25. The summed E-state index contributed by atoms with van der Waals surface area (Å²) in [5, 5.41) is 12.0. The average molecular weight is 408 g/mol. The zero-order valence-electron chi connectivity index (χ0n) is 17.6. The molecule has 30 heavy (non-hydrogen) atoms. The molecule has 1 atom stereocenters. The van der Waals surface area contributed by atoms with E-state index in [0.717, 1.165) is 37.7 Å². The predicted molar refractivity (Wildman–Crippen MR) is 116 cm³/mol. The summed E-state index contributed by atoms with van der Waals surface area (Å²) in [7, 11) is 1.93. The molecule has 1 fully saturated rings. The van der Waals surface area contributed by atoms with E-state index in [1.165, 1.54) is 11.1 Å². The molecule has 0 aliphatic carbocycles. The third-order valence-electron chi connectivity index (χ3n) is 5.10. The van der Waals surface area contributed by atoms with E-state index in [9.17, 15) is 0 Å². The van der Waals surface area contributed by atoms with E-state index in [0.29, 0.717) is 13.2 Å². The Bertz CT molecular complexity index is 964. The SMILES string of the molecule is CCNC(=NCc1cccc(Cn2cccn2)c1)N1CCOC(c2cnn(C)c2)C1. The average Bonchev–Trinajstić information content (AvgIpc) is 3.43. The zero-order valence-corrected chi connectivity index (χ0v) is 17.6. The molecule has 0 radical (unpaired) electrons. The molecule has 1 N–H and O–H groups in total. The van der Waals surface area contributed by atoms with E-state index in [4.69, 9.17) is 9.73 Å². The van der Waals surface area contributed by atoms with E-state index in [-0.39, 0.29) is 6.10 Å². The van der Waals surface area contributed by atoms with Crippen LogP contribution in [0.25, 0.3) is 0 Å². The van der Waals surface area contributed by atoms with Crippen LogP contribution in [0.4, 0.5) is 0 Å². The fraction of sp³-hybridized carbons (Fsp3) is 0.409. The van der Waals surface area contributed by atoms with Crippen LogP contribution in [0.15, 0.2) is 60.1 Å². The Morgan fingerprint density at radius 2 is 2.17 bits per heavy atom. The molecule has 1 aliphatic rings. The molecule has 1 unspecified atom stereocenters. The van der Waals surface area contributed by atoms with E-state index >= 15 is 0 Å². The molecule has 3 aromatic rings. The van der Waals surface area contributed by atoms with Crippen LogP contribution in [0.2, 0.25) is 0 Å². The van der Waals surface area contributed by atoms with Crippen LogP contribution in [0.5, 0.6) is 0 Å². The normalized spacial score (nSPS) is 17.3. The van der Waals surface area contributed by atoms with Crippen molar-refractivity contribution in [2.24, 2.45) is 12.0 Å². The van der Waals surface area contributed by atoms with Crippen molar-refractivity contribution in [2.45, 2.75) is 26.1 Å². The lowest BCUT2D eigenvalue weighted by Gasteiger charge is -2.34. The number of hydrogen-bond donors (Lipinski definition) is 1. The van der Waals surface area contributed by atoms with Gasteiger partial charge >= 0.3 is 0 Å². The molecule has 8 heteroatoms. The van der Waals surface area contributed by atoms with Crippen LogP contribution < -0.4 is 5.32 Å². The van der Waals surface area contributed by atoms with E-state index in [1.807, 2.05) is 41.1 Å². The Labute approximate surface area is 177 Å². The molecule has 2 aromatic heterocycles. The Morgan fingerprint density at radius 1 is 1.27 bits per heavy atom. The zero-order chi connectivity index (χ0) is 20.8. The van der Waals surface area contributed by atoms with Crippen molar-refractivity contribution in [3.8, 4) is 0 Å². The van der Waals surface area contributed by atoms with Gasteiger partial charge in [-0.2, -0.15) is 10.2 Å². The quantitative estimate of drug-likeness (QED) is 0.501. The third kappa shape index (κ3) is 5.07. The molecule has 0 saturated carbocycles. The molecular formula is C22H29N7O. The largest absolute Gasteiger partial charge is 0.370 e. The minimum Gasteiger partial charge on any atom is -0.370 e. The molecule has 3 heterocycles. The van der Waals surface area contributed by atoms with Gasteiger partial charge in [0.1, 0.15) is 6.10 Å². The van der Waals surface area contributed by atoms with Crippen LogP contribution >= 0.6 is 0 Å². The van der Waals surface area contributed by atoms with Gasteiger partial charge in [-0.05, 0) is 24.1 Å². The Kier molecular flexibility index (Phi) is 6.44. The van der Waals surface area contributed by atoms with Crippen molar-refractivity contribution in [2.75, 3.05) is 26.2 Å². The van der Waals surface area contributed by atoms with Gasteiger partial charge in [0, 0.05) is 44.3 Å². The Morgan fingerprint density at radius 3 is 2.93 bits per heavy atom. The summed E-state index contributed by atoms with van der Waals surface area (Å²) in [6, 6.07) is 10.5. The first kappa shape index (κ1) is 20.2. The minimum absolute atomic E-state index is 0.00806. The van der Waals surface area contributed by atoms with Crippen molar-refractivity contribution in [3.63, 3.8) is 0 Å². The Hall–Kier alpha value is -3.13. The molecule has 0 bridgehead atoms. The summed E-state index contributed by atoms with van der Waals surface area (Å²) in [4.78, 5) is 7.19. The summed E-state index contributed by atoms with van der Waals surface area (Å²) in [6.07, 6.45) is 7.68. The van der Waals surface area contributed by atoms with Gasteiger partial charge < -0.3 is 15.0 Å². The summed E-state index contributed by atoms with van der Waals surface area (Å²) in [5.41, 5.74) is 3.51. The number of ether oxygens (including phenoxy) is 1. The highest BCUT2D eigenvalue weighted by molar-refractivity contribution is 5.80. The second-order valence-corrected chi connectivity index (χ2v) is 7.45. The first-order valence-electron chi connectivity index (χ1n) is 10.4. The first-order valence-corrected chi connectivity index (χ1v) is 10.4. The number of rotatable bonds is 6. The van der Waals surface area contributed by atoms with Crippen molar-refractivity contribution in [1.29, 1.82) is 0 Å². The number of guanidine groups is 1. The number of aromatic nitrogens is 4. The van der Waals surface area contributed by atoms with E-state index in [1.54, 1.807) is 6.20 Å². The highest BCUT2D eigenvalue weighted by Crippen LogP contribution is 2.21. The number of benzene rings is 1. The Balaban J connectivity index is 1.44. The third-order valence-corrected chi connectivity index (χ3v) is 5.10. The van der Waals surface area contributed by atoms with Gasteiger partial charge in [-0.1, -0.05) is 24.3 Å². The van der Waals surface area contributed by atoms with Crippen molar-refractivity contribution < 1.29 is 4.74 Å². The van der Waals surface area contributed by atoms with E-state index < -0.39 is 0 Å². The van der Waals surface area contributed by atoms with Crippen molar-refractivity contribution >= 4 is 5.96 Å². The molecular weight excluding hydrogens is 378 g/mol. The molecule has 8 nitrogen and oxygen atoms in total. The molecule has 1 aromatic carbocycles. The van der Waals surface area contributed by atoms with Crippen LogP contribution in [0.1, 0.15) is 29.7 Å². The van der Waals surface area contributed by atoms with Gasteiger partial charge in [0.15, 0.2) is 5.96 Å². The second-order valence-electron chi connectivity index (χ2n) is 7.45. The second kappa shape index (κ2) is 9.58. The summed E-state index contributed by atoms with van der Waals surface area (Å²) >= 11 is 0. The minimum atomic E-state index is 0.00806. The molecule has 0 spiro atoms. The standard InChI is InChI=1S/C22H29N7O/c1-3-23-22(28-10-11-30-21(17-28)20-14-26-27(2)16-20)24-13-18-6-4-7-19(12-18)15-29-9-5-8-25-29/h4-9,12,14,16,21H,3,10-11,13,15,17H2,1-2H3,(H,23,24). The summed E-state index contributed by atoms with van der Waals surface area (Å²) in [5.74, 6) is 0.923. The lowest BCUT2D eigenvalue weighted by molar-refractivity contribution is -0.00805. The van der Waals surface area contributed by atoms with Crippen molar-refractivity contribution in [3.05, 3.63) is 71.8 Å². The topological polar surface area (TPSA) is 72.5 Å². The van der Waals surface area contributed by atoms with Gasteiger partial charge in [0.25, 0.3) is 0 Å². The lowest BCUT2D eigenvalue weighted by Crippen LogP contribution is -2.48. The maximum atomic E-state index is 5.98. The molecule has 1 saturated heterocycles. The maximum Gasteiger partial charge on any atom is 0.194 e. The summed E-state index contributed by atoms with van der Waals surface area (Å²) in [6.45, 7) is 6.57. The first-order chi connectivity index (χ1) is 14.7. The van der Waals surface area contributed by atoms with E-state index in [2.05, 4.69) is 51.6 Å². The number of nitrogens with one attached hydrogen (secondary N) is 1. The van der Waals surface area contributed by atoms with Crippen molar-refractivity contribution in [1.82, 2.24) is 29.8 Å². The fourth-order valence-electron chi connectivity index (χ4n) is 3.65. The number of morpholine rings is 1. The van der Waals surface area contributed by atoms with Gasteiger partial charge in [-0.15, -0.1) is 0 Å². The molecule has 1 aliphatic heterocycles. The number of hydrogen-bond acceptors (Lipinski definition) is 4. The summed E-state index contributed by atoms with van der Waals surface area (Å²) < 4.78 is 9.72. The highest BCUT2D eigenvalue weighted by atomic mass is 16.5.